The van der Waals surface area contributed by atoms with Gasteiger partial charge in [-0.25, -0.2) is 0 Å². The lowest BCUT2D eigenvalue weighted by Crippen LogP contribution is -2.32. The first-order valence-electron chi connectivity index (χ1n) is 10.3. The summed E-state index contributed by atoms with van der Waals surface area (Å²) in [5.74, 6) is 0.551. The lowest BCUT2D eigenvalue weighted by atomic mass is 9.95. The number of hydrogen-bond acceptors (Lipinski definition) is 2. The van der Waals surface area contributed by atoms with Crippen LogP contribution in [0, 0.1) is 5.92 Å². The fraction of sp³-hybridized carbons (Fsp3) is 0.545. The first-order valence-corrected chi connectivity index (χ1v) is 10.7. The second kappa shape index (κ2) is 8.01. The van der Waals surface area contributed by atoms with Gasteiger partial charge in [0.2, 0.25) is 0 Å². The molecule has 0 unspecified atom stereocenters. The number of pyridine rings is 1. The zero-order chi connectivity index (χ0) is 18.8. The fourth-order valence-corrected chi connectivity index (χ4v) is 4.89. The van der Waals surface area contributed by atoms with Crippen LogP contribution in [0.4, 0.5) is 0 Å². The van der Waals surface area contributed by atoms with Crippen LogP contribution in [0.3, 0.4) is 0 Å². The van der Waals surface area contributed by atoms with Crippen LogP contribution in [-0.4, -0.2) is 26.1 Å². The van der Waals surface area contributed by atoms with Crippen molar-refractivity contribution < 1.29 is 0 Å². The second-order valence-corrected chi connectivity index (χ2v) is 8.74. The van der Waals surface area contributed by atoms with Crippen LogP contribution < -0.4 is 5.32 Å². The standard InChI is InChI=1S/C22H30N4S/c1-16(2)14-26-21(20(24-22(26)27)19-10-6-7-12-23-19)17-11-13-25(15-17)18-8-4-3-5-9-18/h6-7,10-13,15-16,18,20-21H,3-5,8-9,14H2,1-2H3,(H,24,27)/t20-,21-/m0/s1. The highest BCUT2D eigenvalue weighted by atomic mass is 32.1. The van der Waals surface area contributed by atoms with Gasteiger partial charge in [0.05, 0.1) is 17.8 Å². The smallest absolute Gasteiger partial charge is 0.170 e. The molecular weight excluding hydrogens is 352 g/mol. The Morgan fingerprint density at radius 2 is 2.00 bits per heavy atom. The number of hydrogen-bond donors (Lipinski definition) is 1. The first kappa shape index (κ1) is 18.5. The third kappa shape index (κ3) is 3.88. The number of aromatic nitrogens is 2. The minimum absolute atomic E-state index is 0.0969. The Morgan fingerprint density at radius 3 is 2.70 bits per heavy atom. The van der Waals surface area contributed by atoms with Crippen molar-refractivity contribution in [3.05, 3.63) is 54.1 Å². The lowest BCUT2D eigenvalue weighted by Gasteiger charge is -2.29. The van der Waals surface area contributed by atoms with Crippen molar-refractivity contribution >= 4 is 17.3 Å². The molecule has 1 aliphatic carbocycles. The van der Waals surface area contributed by atoms with Gasteiger partial charge in [-0.3, -0.25) is 4.98 Å². The van der Waals surface area contributed by atoms with Crippen LogP contribution in [0.15, 0.2) is 42.9 Å². The topological polar surface area (TPSA) is 33.1 Å². The van der Waals surface area contributed by atoms with Gasteiger partial charge in [-0.1, -0.05) is 39.2 Å². The van der Waals surface area contributed by atoms with Crippen LogP contribution >= 0.6 is 12.2 Å². The van der Waals surface area contributed by atoms with E-state index < -0.39 is 0 Å². The van der Waals surface area contributed by atoms with E-state index >= 15 is 0 Å². The molecule has 4 rings (SSSR count). The molecule has 3 heterocycles. The lowest BCUT2D eigenvalue weighted by molar-refractivity contribution is 0.286. The van der Waals surface area contributed by atoms with Gasteiger partial charge in [-0.15, -0.1) is 0 Å². The number of rotatable bonds is 5. The SMILES string of the molecule is CC(C)CN1C(=S)N[C@@H](c2ccccn2)[C@@H]1c1ccn(C2CCCCC2)c1. The summed E-state index contributed by atoms with van der Waals surface area (Å²) in [6, 6.07) is 9.36. The zero-order valence-electron chi connectivity index (χ0n) is 16.3. The van der Waals surface area contributed by atoms with E-state index in [0.717, 1.165) is 17.4 Å². The van der Waals surface area contributed by atoms with E-state index in [2.05, 4.69) is 64.2 Å². The summed E-state index contributed by atoms with van der Waals surface area (Å²) in [4.78, 5) is 6.99. The van der Waals surface area contributed by atoms with Gasteiger partial charge in [0, 0.05) is 31.2 Å². The molecule has 5 heteroatoms. The van der Waals surface area contributed by atoms with Gasteiger partial charge in [-0.05, 0) is 54.7 Å². The summed E-state index contributed by atoms with van der Waals surface area (Å²) < 4.78 is 2.44. The van der Waals surface area contributed by atoms with Gasteiger partial charge < -0.3 is 14.8 Å². The molecular formula is C22H30N4S. The van der Waals surface area contributed by atoms with E-state index in [1.165, 1.54) is 37.7 Å². The molecule has 1 N–H and O–H groups in total. The minimum Gasteiger partial charge on any atom is -0.352 e. The highest BCUT2D eigenvalue weighted by Crippen LogP contribution is 2.40. The molecule has 2 atom stereocenters. The Morgan fingerprint density at radius 1 is 1.19 bits per heavy atom. The van der Waals surface area contributed by atoms with Crippen molar-refractivity contribution in [2.24, 2.45) is 5.92 Å². The van der Waals surface area contributed by atoms with E-state index in [1.54, 1.807) is 0 Å². The van der Waals surface area contributed by atoms with E-state index in [1.807, 2.05) is 12.3 Å². The van der Waals surface area contributed by atoms with E-state index in [-0.39, 0.29) is 12.1 Å². The molecule has 0 spiro atoms. The quantitative estimate of drug-likeness (QED) is 0.736. The summed E-state index contributed by atoms with van der Waals surface area (Å²) in [6.07, 6.45) is 13.2. The van der Waals surface area contributed by atoms with Crippen LogP contribution in [-0.2, 0) is 0 Å². The van der Waals surface area contributed by atoms with Crippen LogP contribution in [0.25, 0.3) is 0 Å². The van der Waals surface area contributed by atoms with E-state index in [4.69, 9.17) is 12.2 Å². The molecule has 0 bridgehead atoms. The summed E-state index contributed by atoms with van der Waals surface area (Å²) in [5.41, 5.74) is 2.39. The summed E-state index contributed by atoms with van der Waals surface area (Å²) >= 11 is 5.73. The molecule has 0 radical (unpaired) electrons. The Balaban J connectivity index is 1.66. The molecule has 1 saturated carbocycles. The fourth-order valence-electron chi connectivity index (χ4n) is 4.57. The predicted octanol–water partition coefficient (Wildman–Crippen LogP) is 5.02. The summed E-state index contributed by atoms with van der Waals surface area (Å²) in [6.45, 7) is 5.45. The monoisotopic (exact) mass is 382 g/mol. The van der Waals surface area contributed by atoms with Crippen LogP contribution in [0.5, 0.6) is 0 Å². The average Bonchev–Trinajstić information content (AvgIpc) is 3.28. The molecule has 0 aromatic carbocycles. The molecule has 27 heavy (non-hydrogen) atoms. The Hall–Kier alpha value is -1.88. The van der Waals surface area contributed by atoms with Crippen LogP contribution in [0.1, 0.15) is 75.3 Å². The maximum Gasteiger partial charge on any atom is 0.170 e. The molecule has 1 saturated heterocycles. The molecule has 2 fully saturated rings. The van der Waals surface area contributed by atoms with Gasteiger partial charge in [0.15, 0.2) is 5.11 Å². The van der Waals surface area contributed by atoms with Gasteiger partial charge in [-0.2, -0.15) is 0 Å². The van der Waals surface area contributed by atoms with Gasteiger partial charge >= 0.3 is 0 Å². The van der Waals surface area contributed by atoms with Crippen molar-refractivity contribution in [2.45, 2.75) is 64.1 Å². The molecule has 2 aliphatic rings. The number of nitrogens with zero attached hydrogens (tertiary/aromatic N) is 3. The third-order valence-electron chi connectivity index (χ3n) is 5.83. The second-order valence-electron chi connectivity index (χ2n) is 8.36. The van der Waals surface area contributed by atoms with Gasteiger partial charge in [0.1, 0.15) is 0 Å². The molecule has 1 aliphatic heterocycles. The molecule has 144 valence electrons. The maximum atomic E-state index is 5.73. The summed E-state index contributed by atoms with van der Waals surface area (Å²) in [7, 11) is 0. The third-order valence-corrected chi connectivity index (χ3v) is 6.19. The largest absolute Gasteiger partial charge is 0.352 e. The van der Waals surface area contributed by atoms with E-state index in [0.29, 0.717) is 12.0 Å². The average molecular weight is 383 g/mol. The zero-order valence-corrected chi connectivity index (χ0v) is 17.2. The molecule has 2 aromatic heterocycles. The highest BCUT2D eigenvalue weighted by Gasteiger charge is 2.40. The minimum atomic E-state index is 0.0969. The molecule has 4 nitrogen and oxygen atoms in total. The maximum absolute atomic E-state index is 5.73. The van der Waals surface area contributed by atoms with Crippen molar-refractivity contribution in [3.8, 4) is 0 Å². The predicted molar refractivity (Wildman–Crippen MR) is 114 cm³/mol. The van der Waals surface area contributed by atoms with Gasteiger partial charge in [0.25, 0.3) is 0 Å². The Labute approximate surface area is 168 Å². The Kier molecular flexibility index (Phi) is 5.48. The number of thiocarbonyl (C=S) groups is 1. The van der Waals surface area contributed by atoms with E-state index in [9.17, 15) is 0 Å². The number of nitrogens with one attached hydrogen (secondary N) is 1. The summed E-state index contributed by atoms with van der Waals surface area (Å²) in [5, 5.41) is 4.39. The van der Waals surface area contributed by atoms with Crippen LogP contribution in [0.2, 0.25) is 0 Å². The van der Waals surface area contributed by atoms with Crippen molar-refractivity contribution in [1.82, 2.24) is 19.8 Å². The Bertz CT molecular complexity index is 764. The normalized spacial score (nSPS) is 23.8. The van der Waals surface area contributed by atoms with Crippen molar-refractivity contribution in [1.29, 1.82) is 0 Å². The highest BCUT2D eigenvalue weighted by molar-refractivity contribution is 7.80. The molecule has 0 amide bonds. The molecule has 2 aromatic rings. The van der Waals surface area contributed by atoms with Crippen molar-refractivity contribution in [2.75, 3.05) is 6.54 Å². The van der Waals surface area contributed by atoms with Crippen molar-refractivity contribution in [3.63, 3.8) is 0 Å². The first-order chi connectivity index (χ1) is 13.1.